The van der Waals surface area contributed by atoms with Crippen LogP contribution in [0.25, 0.3) is 0 Å². The quantitative estimate of drug-likeness (QED) is 0.591. The summed E-state index contributed by atoms with van der Waals surface area (Å²) in [6.45, 7) is 6.75. The summed E-state index contributed by atoms with van der Waals surface area (Å²) in [6.07, 6.45) is 4.07. The lowest BCUT2D eigenvalue weighted by atomic mass is 10.1. The first-order valence-corrected chi connectivity index (χ1v) is 6.86. The van der Waals surface area contributed by atoms with E-state index in [1.54, 1.807) is 7.11 Å². The molecule has 2 atom stereocenters. The SMILES string of the molecule is C/C=C\[C@@H]1[C@@H](C(=O)OCc2ccc(COC)o2)C1(C)C. The highest BCUT2D eigenvalue weighted by Gasteiger charge is 2.61. The van der Waals surface area contributed by atoms with E-state index in [4.69, 9.17) is 13.9 Å². The van der Waals surface area contributed by atoms with Crippen LogP contribution < -0.4 is 0 Å². The minimum Gasteiger partial charge on any atom is -0.460 e. The highest BCUT2D eigenvalue weighted by atomic mass is 16.5. The molecule has 0 bridgehead atoms. The predicted molar refractivity (Wildman–Crippen MR) is 74.8 cm³/mol. The zero-order valence-electron chi connectivity index (χ0n) is 12.5. The lowest BCUT2D eigenvalue weighted by Gasteiger charge is -2.04. The van der Waals surface area contributed by atoms with Crippen LogP contribution >= 0.6 is 0 Å². The van der Waals surface area contributed by atoms with Crippen LogP contribution in [0, 0.1) is 17.3 Å². The lowest BCUT2D eigenvalue weighted by Crippen LogP contribution is -2.10. The van der Waals surface area contributed by atoms with Gasteiger partial charge in [0.15, 0.2) is 0 Å². The van der Waals surface area contributed by atoms with Gasteiger partial charge in [-0.2, -0.15) is 0 Å². The third-order valence-electron chi connectivity index (χ3n) is 3.92. The summed E-state index contributed by atoms with van der Waals surface area (Å²) in [5, 5.41) is 0. The van der Waals surface area contributed by atoms with Crippen molar-refractivity contribution in [1.29, 1.82) is 0 Å². The van der Waals surface area contributed by atoms with Gasteiger partial charge in [0.25, 0.3) is 0 Å². The molecule has 1 aromatic heterocycles. The van der Waals surface area contributed by atoms with Crippen molar-refractivity contribution in [1.82, 2.24) is 0 Å². The Bertz CT molecular complexity index is 498. The number of esters is 1. The van der Waals surface area contributed by atoms with E-state index in [2.05, 4.69) is 19.9 Å². The Morgan fingerprint density at radius 3 is 2.60 bits per heavy atom. The summed E-state index contributed by atoms with van der Waals surface area (Å²) in [5.74, 6) is 1.46. The molecule has 0 unspecified atom stereocenters. The van der Waals surface area contributed by atoms with Crippen molar-refractivity contribution in [2.24, 2.45) is 17.3 Å². The summed E-state index contributed by atoms with van der Waals surface area (Å²) in [7, 11) is 1.61. The molecule has 1 saturated carbocycles. The molecule has 0 aromatic carbocycles. The summed E-state index contributed by atoms with van der Waals surface area (Å²) in [5.41, 5.74) is -0.00598. The standard InChI is InChI=1S/C16H22O4/c1-5-6-13-14(16(13,2)3)15(17)19-10-12-8-7-11(20-12)9-18-4/h5-8,13-14H,9-10H2,1-4H3/b6-5-/t13-,14+/m1/s1. The summed E-state index contributed by atoms with van der Waals surface area (Å²) < 4.78 is 15.8. The normalized spacial score (nSPS) is 24.0. The van der Waals surface area contributed by atoms with Gasteiger partial charge >= 0.3 is 5.97 Å². The summed E-state index contributed by atoms with van der Waals surface area (Å²) >= 11 is 0. The van der Waals surface area contributed by atoms with Gasteiger partial charge in [0.05, 0.1) is 5.92 Å². The van der Waals surface area contributed by atoms with Gasteiger partial charge in [-0.1, -0.05) is 26.0 Å². The van der Waals surface area contributed by atoms with Gasteiger partial charge in [-0.05, 0) is 30.4 Å². The van der Waals surface area contributed by atoms with E-state index in [1.165, 1.54) is 0 Å². The lowest BCUT2D eigenvalue weighted by molar-refractivity contribution is -0.148. The first-order chi connectivity index (χ1) is 9.50. The van der Waals surface area contributed by atoms with Crippen LogP contribution in [-0.2, 0) is 27.5 Å². The van der Waals surface area contributed by atoms with Gasteiger partial charge in [-0.15, -0.1) is 0 Å². The van der Waals surface area contributed by atoms with Crippen molar-refractivity contribution in [2.45, 2.75) is 34.0 Å². The molecule has 1 aliphatic rings. The fourth-order valence-electron chi connectivity index (χ4n) is 2.65. The Kier molecular flexibility index (Phi) is 4.33. The average Bonchev–Trinajstić information content (AvgIpc) is 2.75. The number of allylic oxidation sites excluding steroid dienone is 2. The van der Waals surface area contributed by atoms with Crippen LogP contribution in [0.15, 0.2) is 28.7 Å². The van der Waals surface area contributed by atoms with Gasteiger partial charge in [0, 0.05) is 7.11 Å². The number of methoxy groups -OCH3 is 1. The molecule has 0 aliphatic heterocycles. The van der Waals surface area contributed by atoms with E-state index in [-0.39, 0.29) is 29.8 Å². The molecule has 1 aromatic rings. The second kappa shape index (κ2) is 5.83. The maximum atomic E-state index is 12.1. The van der Waals surface area contributed by atoms with Gasteiger partial charge in [0.2, 0.25) is 0 Å². The van der Waals surface area contributed by atoms with Crippen molar-refractivity contribution in [3.63, 3.8) is 0 Å². The molecule has 1 heterocycles. The molecule has 0 saturated heterocycles. The van der Waals surface area contributed by atoms with Gasteiger partial charge in [-0.25, -0.2) is 0 Å². The number of carbonyl (C=O) groups is 1. The van der Waals surface area contributed by atoms with Crippen molar-refractivity contribution in [3.05, 3.63) is 35.8 Å². The molecule has 20 heavy (non-hydrogen) atoms. The minimum atomic E-state index is -0.150. The maximum absolute atomic E-state index is 12.1. The molecule has 0 radical (unpaired) electrons. The third kappa shape index (κ3) is 2.96. The highest BCUT2D eigenvalue weighted by molar-refractivity contribution is 5.78. The van der Waals surface area contributed by atoms with E-state index in [9.17, 15) is 4.79 Å². The number of rotatable bonds is 6. The highest BCUT2D eigenvalue weighted by Crippen LogP contribution is 2.59. The number of hydrogen-bond acceptors (Lipinski definition) is 4. The Labute approximate surface area is 119 Å². The van der Waals surface area contributed by atoms with E-state index < -0.39 is 0 Å². The minimum absolute atomic E-state index is 0.00598. The molecule has 0 spiro atoms. The molecule has 0 amide bonds. The Balaban J connectivity index is 1.86. The van der Waals surface area contributed by atoms with Crippen LogP contribution in [0.5, 0.6) is 0 Å². The molecular weight excluding hydrogens is 256 g/mol. The Hall–Kier alpha value is -1.55. The zero-order chi connectivity index (χ0) is 14.8. The van der Waals surface area contributed by atoms with Gasteiger partial charge in [0.1, 0.15) is 24.7 Å². The second-order valence-electron chi connectivity index (χ2n) is 5.76. The molecule has 1 aliphatic carbocycles. The van der Waals surface area contributed by atoms with Crippen LogP contribution in [0.3, 0.4) is 0 Å². The molecule has 2 rings (SSSR count). The molecule has 0 N–H and O–H groups in total. The van der Waals surface area contributed by atoms with Crippen molar-refractivity contribution in [3.8, 4) is 0 Å². The average molecular weight is 278 g/mol. The topological polar surface area (TPSA) is 48.7 Å². The summed E-state index contributed by atoms with van der Waals surface area (Å²) in [6, 6.07) is 3.64. The molecule has 4 nitrogen and oxygen atoms in total. The van der Waals surface area contributed by atoms with Gasteiger partial charge in [-0.3, -0.25) is 4.79 Å². The predicted octanol–water partition coefficient (Wildman–Crippen LogP) is 3.32. The third-order valence-corrected chi connectivity index (χ3v) is 3.92. The van der Waals surface area contributed by atoms with Crippen LogP contribution in [0.2, 0.25) is 0 Å². The number of furan rings is 1. The smallest absolute Gasteiger partial charge is 0.310 e. The van der Waals surface area contributed by atoms with Crippen molar-refractivity contribution < 1.29 is 18.7 Å². The molecule has 4 heteroatoms. The van der Waals surface area contributed by atoms with Crippen LogP contribution in [-0.4, -0.2) is 13.1 Å². The largest absolute Gasteiger partial charge is 0.460 e. The number of hydrogen-bond donors (Lipinski definition) is 0. The number of carbonyl (C=O) groups excluding carboxylic acids is 1. The molecule has 110 valence electrons. The van der Waals surface area contributed by atoms with Gasteiger partial charge < -0.3 is 13.9 Å². The maximum Gasteiger partial charge on any atom is 0.310 e. The Morgan fingerprint density at radius 2 is 2.00 bits per heavy atom. The molecular formula is C16H22O4. The zero-order valence-corrected chi connectivity index (χ0v) is 12.5. The first kappa shape index (κ1) is 14.9. The van der Waals surface area contributed by atoms with Crippen LogP contribution in [0.1, 0.15) is 32.3 Å². The second-order valence-corrected chi connectivity index (χ2v) is 5.76. The van der Waals surface area contributed by atoms with E-state index >= 15 is 0 Å². The van der Waals surface area contributed by atoms with E-state index in [1.807, 2.05) is 25.1 Å². The van der Waals surface area contributed by atoms with Crippen LogP contribution in [0.4, 0.5) is 0 Å². The number of ether oxygens (including phenoxy) is 2. The van der Waals surface area contributed by atoms with Crippen molar-refractivity contribution in [2.75, 3.05) is 7.11 Å². The van der Waals surface area contributed by atoms with Crippen molar-refractivity contribution >= 4 is 5.97 Å². The fraction of sp³-hybridized carbons (Fsp3) is 0.562. The van der Waals surface area contributed by atoms with E-state index in [0.717, 1.165) is 5.76 Å². The summed E-state index contributed by atoms with van der Waals surface area (Å²) in [4.78, 5) is 12.1. The van der Waals surface area contributed by atoms with E-state index in [0.29, 0.717) is 12.4 Å². The Morgan fingerprint density at radius 1 is 1.35 bits per heavy atom. The first-order valence-electron chi connectivity index (χ1n) is 6.86. The monoisotopic (exact) mass is 278 g/mol. The fourth-order valence-corrected chi connectivity index (χ4v) is 2.65. The molecule has 1 fully saturated rings.